The van der Waals surface area contributed by atoms with Crippen molar-refractivity contribution in [2.75, 3.05) is 0 Å². The molecule has 4 aliphatic carbocycles. The summed E-state index contributed by atoms with van der Waals surface area (Å²) in [6, 6.07) is 31.1. The summed E-state index contributed by atoms with van der Waals surface area (Å²) in [6.45, 7) is 27.7. The largest absolute Gasteiger partial charge is 0.507 e. The summed E-state index contributed by atoms with van der Waals surface area (Å²) in [6.07, 6.45) is 14.1. The zero-order chi connectivity index (χ0) is 50.9. The van der Waals surface area contributed by atoms with Crippen LogP contribution >= 0.6 is 23.5 Å². The predicted octanol–water partition coefficient (Wildman–Crippen LogP) is 19.4. The molecule has 2 spiro atoms. The van der Waals surface area contributed by atoms with Crippen LogP contribution in [0.5, 0.6) is 23.0 Å². The highest BCUT2D eigenvalue weighted by Crippen LogP contribution is 2.65. The van der Waals surface area contributed by atoms with Gasteiger partial charge < -0.3 is 19.7 Å². The molecule has 0 aromatic heterocycles. The molecule has 0 unspecified atom stereocenters. The van der Waals surface area contributed by atoms with Crippen LogP contribution in [0.25, 0.3) is 43.8 Å². The summed E-state index contributed by atoms with van der Waals surface area (Å²) in [5.41, 5.74) is 11.7. The Morgan fingerprint density at radius 3 is 1.38 bits per heavy atom. The Morgan fingerprint density at radius 2 is 0.931 bits per heavy atom. The zero-order valence-corrected chi connectivity index (χ0v) is 47.0. The summed E-state index contributed by atoms with van der Waals surface area (Å²) in [5, 5.41) is 27.1. The second kappa shape index (κ2) is 17.7. The van der Waals surface area contributed by atoms with Crippen LogP contribution in [0.15, 0.2) is 94.7 Å². The lowest BCUT2D eigenvalue weighted by Crippen LogP contribution is -2.40. The SMILES string of the molecule is CC(C)CC1(CC(C)C)Oc2cc3c4c(cc(O)c3cc2S1)C1(CCC(C)(C)CC1)c1ccccc1-4.CCC1(CC)CCC2(CC1)c1ccccc1-c1c2cc(O)c2cc3c(cc12)OC(C(C)C)(C(C)C)S3. The highest BCUT2D eigenvalue weighted by Gasteiger charge is 2.52. The molecule has 6 aromatic rings. The minimum atomic E-state index is -0.273. The lowest BCUT2D eigenvalue weighted by Gasteiger charge is -2.45. The topological polar surface area (TPSA) is 58.9 Å². The first kappa shape index (κ1) is 49.9. The van der Waals surface area contributed by atoms with Gasteiger partial charge in [-0.2, -0.15) is 0 Å². The van der Waals surface area contributed by atoms with Gasteiger partial charge in [0, 0.05) is 33.4 Å². The maximum atomic E-state index is 11.5. The Hall–Kier alpha value is -4.26. The molecular weight excluding hydrogens is 921 g/mol. The second-order valence-corrected chi connectivity index (χ2v) is 28.2. The highest BCUT2D eigenvalue weighted by atomic mass is 32.2. The smallest absolute Gasteiger partial charge is 0.163 e. The van der Waals surface area contributed by atoms with Gasteiger partial charge in [0.15, 0.2) is 9.87 Å². The van der Waals surface area contributed by atoms with Crippen molar-refractivity contribution >= 4 is 45.1 Å². The summed E-state index contributed by atoms with van der Waals surface area (Å²) < 4.78 is 13.6. The number of thioether (sulfide) groups is 2. The molecule has 6 aromatic carbocycles. The zero-order valence-electron chi connectivity index (χ0n) is 45.4. The van der Waals surface area contributed by atoms with Crippen molar-refractivity contribution in [1.82, 2.24) is 0 Å². The van der Waals surface area contributed by atoms with Crippen molar-refractivity contribution in [3.05, 3.63) is 107 Å². The van der Waals surface area contributed by atoms with E-state index in [1.165, 1.54) is 87.9 Å². The Labute approximate surface area is 439 Å². The third kappa shape index (κ3) is 7.65. The average molecular weight is 1000 g/mol. The fraction of sp³-hybridized carbons (Fsp3) is 0.515. The maximum Gasteiger partial charge on any atom is 0.163 e. The lowest BCUT2D eigenvalue weighted by atomic mass is 9.58. The van der Waals surface area contributed by atoms with E-state index >= 15 is 0 Å². The van der Waals surface area contributed by atoms with Crippen LogP contribution in [0.2, 0.25) is 0 Å². The third-order valence-corrected chi connectivity index (χ3v) is 22.3. The summed E-state index contributed by atoms with van der Waals surface area (Å²) in [7, 11) is 0. The first-order chi connectivity index (χ1) is 34.2. The fourth-order valence-electron chi connectivity index (χ4n) is 15.0. The van der Waals surface area contributed by atoms with Gasteiger partial charge in [0.25, 0.3) is 0 Å². The molecule has 0 amide bonds. The minimum Gasteiger partial charge on any atom is -0.507 e. The standard InChI is InChI=1S/2C33H40O2S/c1-20(2)18-33(19-21(3)4)35-28-15-24-23(16-29(28)36-33)27(34)17-26-30(24)22-9-7-8-10-25(22)32(26)13-11-31(5,6)12-14-32;1-7-31(8-2)13-15-32(16-14-31)25-12-10-9-11-22(25)30-24-17-28-29(18-23(24)27(34)19-26(30)32)36-33(35-28,20(3)4)21(5)6/h7-10,15-17,20-21,34H,11-14,18-19H2,1-6H3;9-12,17-21,34H,7-8,13-16H2,1-6H3. The highest BCUT2D eigenvalue weighted by molar-refractivity contribution is 8.01. The molecular formula is C66H80O4S2. The molecule has 0 bridgehead atoms. The van der Waals surface area contributed by atoms with Gasteiger partial charge in [0.2, 0.25) is 0 Å². The molecule has 2 fully saturated rings. The Balaban J connectivity index is 0.000000156. The number of rotatable bonds is 8. The van der Waals surface area contributed by atoms with Gasteiger partial charge in [-0.05, 0) is 179 Å². The first-order valence-corrected chi connectivity index (χ1v) is 29.5. The Bertz CT molecular complexity index is 3080. The molecule has 72 heavy (non-hydrogen) atoms. The van der Waals surface area contributed by atoms with Crippen LogP contribution in [-0.2, 0) is 10.8 Å². The Morgan fingerprint density at radius 1 is 0.500 bits per heavy atom. The van der Waals surface area contributed by atoms with Crippen LogP contribution in [-0.4, -0.2) is 20.1 Å². The van der Waals surface area contributed by atoms with Gasteiger partial charge in [-0.25, -0.2) is 0 Å². The molecule has 0 radical (unpaired) electrons. The third-order valence-electron chi connectivity index (χ3n) is 19.1. The van der Waals surface area contributed by atoms with E-state index in [0.717, 1.165) is 76.5 Å². The van der Waals surface area contributed by atoms with Gasteiger partial charge in [0.05, 0.1) is 9.79 Å². The molecule has 2 N–H and O–H groups in total. The van der Waals surface area contributed by atoms with Crippen LogP contribution in [0.4, 0.5) is 0 Å². The van der Waals surface area contributed by atoms with E-state index < -0.39 is 0 Å². The number of hydrogen-bond acceptors (Lipinski definition) is 6. The number of hydrogen-bond donors (Lipinski definition) is 2. The van der Waals surface area contributed by atoms with Crippen molar-refractivity contribution < 1.29 is 19.7 Å². The average Bonchev–Trinajstić information content (AvgIpc) is 4.05. The molecule has 2 heterocycles. The molecule has 380 valence electrons. The normalized spacial score (nSPS) is 20.6. The molecule has 6 aliphatic rings. The fourth-order valence-corrected chi connectivity index (χ4v) is 18.1. The number of aromatic hydroxyl groups is 2. The molecule has 0 saturated heterocycles. The minimum absolute atomic E-state index is 0.000316. The van der Waals surface area contributed by atoms with Crippen LogP contribution < -0.4 is 9.47 Å². The molecule has 2 saturated carbocycles. The van der Waals surface area contributed by atoms with E-state index in [2.05, 4.69) is 168 Å². The van der Waals surface area contributed by atoms with Crippen molar-refractivity contribution in [2.24, 2.45) is 34.5 Å². The van der Waals surface area contributed by atoms with Gasteiger partial charge in [-0.15, -0.1) is 0 Å². The quantitative estimate of drug-likeness (QED) is 0.158. The monoisotopic (exact) mass is 1000 g/mol. The van der Waals surface area contributed by atoms with Gasteiger partial charge >= 0.3 is 0 Å². The van der Waals surface area contributed by atoms with Gasteiger partial charge in [0.1, 0.15) is 23.0 Å². The number of phenols is 2. The van der Waals surface area contributed by atoms with Gasteiger partial charge in [-0.3, -0.25) is 0 Å². The van der Waals surface area contributed by atoms with E-state index in [1.54, 1.807) is 0 Å². The first-order valence-electron chi connectivity index (χ1n) is 27.9. The molecule has 2 aliphatic heterocycles. The summed E-state index contributed by atoms with van der Waals surface area (Å²) >= 11 is 3.71. The van der Waals surface area contributed by atoms with Crippen molar-refractivity contribution in [3.63, 3.8) is 0 Å². The maximum absolute atomic E-state index is 11.5. The van der Waals surface area contributed by atoms with E-state index in [1.807, 2.05) is 23.5 Å². The van der Waals surface area contributed by atoms with E-state index in [9.17, 15) is 10.2 Å². The van der Waals surface area contributed by atoms with Crippen LogP contribution in [0, 0.1) is 34.5 Å². The van der Waals surface area contributed by atoms with Crippen molar-refractivity contribution in [2.45, 2.75) is 191 Å². The van der Waals surface area contributed by atoms with Crippen molar-refractivity contribution in [1.29, 1.82) is 0 Å². The number of phenolic OH excluding ortho intramolecular Hbond substituents is 2. The lowest BCUT2D eigenvalue weighted by molar-refractivity contribution is 0.0757. The van der Waals surface area contributed by atoms with Gasteiger partial charge in [-0.1, -0.05) is 168 Å². The number of ether oxygens (including phenoxy) is 2. The number of benzene rings is 6. The van der Waals surface area contributed by atoms with Crippen molar-refractivity contribution in [3.8, 4) is 45.3 Å². The number of fused-ring (bicyclic) bond motifs is 16. The van der Waals surface area contributed by atoms with Crippen LogP contribution in [0.3, 0.4) is 0 Å². The van der Waals surface area contributed by atoms with E-state index in [-0.39, 0.29) is 20.7 Å². The van der Waals surface area contributed by atoms with E-state index in [4.69, 9.17) is 9.47 Å². The molecule has 4 nitrogen and oxygen atoms in total. The summed E-state index contributed by atoms with van der Waals surface area (Å²) in [5.74, 6) is 4.65. The summed E-state index contributed by atoms with van der Waals surface area (Å²) in [4.78, 5) is 1.81. The molecule has 12 rings (SSSR count). The molecule has 0 atom stereocenters. The van der Waals surface area contributed by atoms with E-state index in [0.29, 0.717) is 46.0 Å². The molecule has 6 heteroatoms. The Kier molecular flexibility index (Phi) is 12.3. The second-order valence-electron chi connectivity index (χ2n) is 25.5. The predicted molar refractivity (Wildman–Crippen MR) is 304 cm³/mol. The van der Waals surface area contributed by atoms with Crippen LogP contribution in [0.1, 0.15) is 182 Å².